The minimum atomic E-state index is -0.519. The Morgan fingerprint density at radius 1 is 1.50 bits per heavy atom. The molecule has 0 amide bonds. The lowest BCUT2D eigenvalue weighted by Gasteiger charge is -2.05. The molecule has 0 radical (unpaired) electrons. The molecule has 0 saturated heterocycles. The van der Waals surface area contributed by atoms with Gasteiger partial charge in [0.1, 0.15) is 5.54 Å². The number of rotatable bonds is 2. The van der Waals surface area contributed by atoms with Crippen LogP contribution in [0.4, 0.5) is 0 Å². The molecule has 0 aliphatic heterocycles. The predicted molar refractivity (Wildman–Crippen MR) is 34.7 cm³/mol. The van der Waals surface area contributed by atoms with E-state index in [1.54, 1.807) is 19.9 Å². The van der Waals surface area contributed by atoms with Gasteiger partial charge in [-0.05, 0) is 20.8 Å². The summed E-state index contributed by atoms with van der Waals surface area (Å²) in [6.45, 7) is 5.40. The van der Waals surface area contributed by atoms with Crippen LogP contribution in [-0.2, 0) is 0 Å². The molecule has 2 heteroatoms. The van der Waals surface area contributed by atoms with Gasteiger partial charge in [-0.3, -0.25) is 0 Å². The summed E-state index contributed by atoms with van der Waals surface area (Å²) in [5, 5.41) is 2.87. The highest BCUT2D eigenvalue weighted by atomic mass is 16.3. The molecule has 0 bridgehead atoms. The Hall–Kier alpha value is -0.660. The first-order valence-corrected chi connectivity index (χ1v) is 2.61. The molecule has 0 aromatic heterocycles. The van der Waals surface area contributed by atoms with Crippen molar-refractivity contribution in [3.63, 3.8) is 0 Å². The van der Waals surface area contributed by atoms with Crippen molar-refractivity contribution in [1.82, 2.24) is 0 Å². The second-order valence-corrected chi connectivity index (χ2v) is 2.24. The molecule has 46 valence electrons. The van der Waals surface area contributed by atoms with Crippen molar-refractivity contribution in [3.8, 4) is 0 Å². The lowest BCUT2D eigenvalue weighted by molar-refractivity contribution is 0.650. The molecule has 0 aromatic carbocycles. The largest absolute Gasteiger partial charge is 0.150 e. The van der Waals surface area contributed by atoms with Crippen LogP contribution in [0.5, 0.6) is 0 Å². The summed E-state index contributed by atoms with van der Waals surface area (Å²) in [6, 6.07) is 0. The Labute approximate surface area is 49.6 Å². The van der Waals surface area contributed by atoms with Crippen molar-refractivity contribution in [2.45, 2.75) is 26.3 Å². The molecular formula is C6H11NO. The number of allylic oxidation sites excluding steroid dienone is 1. The first-order chi connectivity index (χ1) is 3.62. The fourth-order valence-corrected chi connectivity index (χ4v) is 0.438. The minimum Gasteiger partial charge on any atom is -0.150 e. The van der Waals surface area contributed by atoms with Crippen LogP contribution in [0.1, 0.15) is 20.8 Å². The van der Waals surface area contributed by atoms with Gasteiger partial charge in [-0.25, -0.2) is 0 Å². The average molecular weight is 113 g/mol. The van der Waals surface area contributed by atoms with Crippen molar-refractivity contribution >= 4 is 0 Å². The number of nitroso groups, excluding NO2 is 1. The second-order valence-electron chi connectivity index (χ2n) is 2.24. The molecule has 0 rings (SSSR count). The highest BCUT2D eigenvalue weighted by Gasteiger charge is 2.10. The summed E-state index contributed by atoms with van der Waals surface area (Å²) in [5.74, 6) is 0. The van der Waals surface area contributed by atoms with Crippen molar-refractivity contribution in [2.75, 3.05) is 0 Å². The van der Waals surface area contributed by atoms with Crippen LogP contribution >= 0.6 is 0 Å². The van der Waals surface area contributed by atoms with E-state index in [0.29, 0.717) is 0 Å². The Morgan fingerprint density at radius 2 is 2.00 bits per heavy atom. The maximum absolute atomic E-state index is 9.92. The molecule has 0 fully saturated rings. The van der Waals surface area contributed by atoms with Gasteiger partial charge in [0.25, 0.3) is 0 Å². The van der Waals surface area contributed by atoms with Crippen LogP contribution < -0.4 is 0 Å². The zero-order valence-corrected chi connectivity index (χ0v) is 5.51. The van der Waals surface area contributed by atoms with E-state index < -0.39 is 5.54 Å². The fourth-order valence-electron chi connectivity index (χ4n) is 0.438. The van der Waals surface area contributed by atoms with Gasteiger partial charge < -0.3 is 0 Å². The molecular weight excluding hydrogens is 102 g/mol. The van der Waals surface area contributed by atoms with E-state index in [0.717, 1.165) is 0 Å². The molecule has 0 aromatic rings. The van der Waals surface area contributed by atoms with E-state index >= 15 is 0 Å². The van der Waals surface area contributed by atoms with E-state index in [1.165, 1.54) is 0 Å². The average Bonchev–Trinajstić information content (AvgIpc) is 1.67. The van der Waals surface area contributed by atoms with Crippen molar-refractivity contribution in [1.29, 1.82) is 0 Å². The molecule has 2 nitrogen and oxygen atoms in total. The van der Waals surface area contributed by atoms with Crippen LogP contribution in [0.15, 0.2) is 17.3 Å². The molecule has 8 heavy (non-hydrogen) atoms. The maximum Gasteiger partial charge on any atom is 0.115 e. The molecule has 0 aliphatic rings. The fraction of sp³-hybridized carbons (Fsp3) is 0.667. The molecule has 0 N–H and O–H groups in total. The quantitative estimate of drug-likeness (QED) is 0.398. The van der Waals surface area contributed by atoms with E-state index in [-0.39, 0.29) is 0 Å². The highest BCUT2D eigenvalue weighted by Crippen LogP contribution is 2.08. The Kier molecular flexibility index (Phi) is 2.38. The SMILES string of the molecule is CC=CC(C)(C)N=O. The number of hydrogen-bond acceptors (Lipinski definition) is 2. The predicted octanol–water partition coefficient (Wildman–Crippen LogP) is 2.11. The van der Waals surface area contributed by atoms with E-state index in [2.05, 4.69) is 5.18 Å². The summed E-state index contributed by atoms with van der Waals surface area (Å²) in [7, 11) is 0. The number of nitrogens with zero attached hydrogens (tertiary/aromatic N) is 1. The van der Waals surface area contributed by atoms with Gasteiger partial charge in [0.05, 0.1) is 0 Å². The molecule has 0 spiro atoms. The highest BCUT2D eigenvalue weighted by molar-refractivity contribution is 4.99. The van der Waals surface area contributed by atoms with Crippen LogP contribution in [-0.4, -0.2) is 5.54 Å². The first kappa shape index (κ1) is 7.34. The van der Waals surface area contributed by atoms with E-state index in [1.807, 2.05) is 13.0 Å². The molecule has 0 saturated carbocycles. The number of hydrogen-bond donors (Lipinski definition) is 0. The second kappa shape index (κ2) is 2.60. The third kappa shape index (κ3) is 2.50. The summed E-state index contributed by atoms with van der Waals surface area (Å²) in [6.07, 6.45) is 3.58. The monoisotopic (exact) mass is 113 g/mol. The van der Waals surface area contributed by atoms with Gasteiger partial charge >= 0.3 is 0 Å². The van der Waals surface area contributed by atoms with Crippen LogP contribution in [0.2, 0.25) is 0 Å². The van der Waals surface area contributed by atoms with Gasteiger partial charge in [0.2, 0.25) is 0 Å². The molecule has 0 atom stereocenters. The Bertz CT molecular complexity index is 105. The standard InChI is InChI=1S/C6H11NO/c1-4-5-6(2,3)7-8/h4-5H,1-3H3. The van der Waals surface area contributed by atoms with Gasteiger partial charge in [-0.1, -0.05) is 17.3 Å². The summed E-state index contributed by atoms with van der Waals surface area (Å²) in [5.41, 5.74) is -0.519. The van der Waals surface area contributed by atoms with Crippen LogP contribution in [0.25, 0.3) is 0 Å². The lowest BCUT2D eigenvalue weighted by atomic mass is 10.1. The van der Waals surface area contributed by atoms with Gasteiger partial charge in [0, 0.05) is 0 Å². The van der Waals surface area contributed by atoms with Crippen molar-refractivity contribution in [2.24, 2.45) is 5.18 Å². The van der Waals surface area contributed by atoms with E-state index in [4.69, 9.17) is 0 Å². The smallest absolute Gasteiger partial charge is 0.115 e. The Morgan fingerprint density at radius 3 is 2.12 bits per heavy atom. The van der Waals surface area contributed by atoms with Crippen LogP contribution in [0, 0.1) is 4.91 Å². The van der Waals surface area contributed by atoms with Gasteiger partial charge in [-0.15, -0.1) is 4.91 Å². The zero-order valence-electron chi connectivity index (χ0n) is 5.51. The maximum atomic E-state index is 9.92. The van der Waals surface area contributed by atoms with Crippen molar-refractivity contribution in [3.05, 3.63) is 17.1 Å². The summed E-state index contributed by atoms with van der Waals surface area (Å²) < 4.78 is 0. The van der Waals surface area contributed by atoms with Crippen LogP contribution in [0.3, 0.4) is 0 Å². The molecule has 0 unspecified atom stereocenters. The Balaban J connectivity index is 3.90. The summed E-state index contributed by atoms with van der Waals surface area (Å²) in [4.78, 5) is 9.92. The topological polar surface area (TPSA) is 29.4 Å². The normalized spacial score (nSPS) is 12.4. The molecule has 0 heterocycles. The van der Waals surface area contributed by atoms with E-state index in [9.17, 15) is 4.91 Å². The lowest BCUT2D eigenvalue weighted by Crippen LogP contribution is -2.09. The van der Waals surface area contributed by atoms with Crippen molar-refractivity contribution < 1.29 is 0 Å². The third-order valence-electron chi connectivity index (χ3n) is 0.810. The zero-order chi connectivity index (χ0) is 6.62. The third-order valence-corrected chi connectivity index (χ3v) is 0.810. The summed E-state index contributed by atoms with van der Waals surface area (Å²) >= 11 is 0. The van der Waals surface area contributed by atoms with Gasteiger partial charge in [-0.2, -0.15) is 0 Å². The molecule has 0 aliphatic carbocycles. The minimum absolute atomic E-state index is 0.519. The first-order valence-electron chi connectivity index (χ1n) is 2.61. The van der Waals surface area contributed by atoms with Gasteiger partial charge in [0.15, 0.2) is 0 Å².